The van der Waals surface area contributed by atoms with Gasteiger partial charge in [0.1, 0.15) is 0 Å². The Hall–Kier alpha value is -2.10. The molecule has 1 aromatic heterocycles. The Labute approximate surface area is 137 Å². The number of carbonyl (C=O) groups excluding carboxylic acids is 1. The summed E-state index contributed by atoms with van der Waals surface area (Å²) in [7, 11) is 1.56. The van der Waals surface area contributed by atoms with Crippen LogP contribution in [-0.4, -0.2) is 17.9 Å². The van der Waals surface area contributed by atoms with Gasteiger partial charge in [0.15, 0.2) is 0 Å². The number of pyridine rings is 1. The highest BCUT2D eigenvalue weighted by Crippen LogP contribution is 2.32. The van der Waals surface area contributed by atoms with Crippen molar-refractivity contribution in [1.29, 1.82) is 0 Å². The first-order chi connectivity index (χ1) is 10.6. The first-order valence-corrected chi connectivity index (χ1v) is 7.43. The van der Waals surface area contributed by atoms with Gasteiger partial charge in [0.2, 0.25) is 0 Å². The number of hydrogen-bond donors (Lipinski definition) is 1. The fourth-order valence-corrected chi connectivity index (χ4v) is 2.84. The number of hydrogen-bond acceptors (Lipinski definition) is 2. The number of nitrogens with one attached hydrogen (secondary N) is 1. The Morgan fingerprint density at radius 2 is 1.77 bits per heavy atom. The number of aromatic nitrogens is 1. The van der Waals surface area contributed by atoms with Crippen molar-refractivity contribution in [3.63, 3.8) is 0 Å². The van der Waals surface area contributed by atoms with E-state index in [-0.39, 0.29) is 5.91 Å². The molecule has 0 fully saturated rings. The minimum absolute atomic E-state index is 0.274. The van der Waals surface area contributed by atoms with E-state index in [2.05, 4.69) is 10.3 Å². The summed E-state index contributed by atoms with van der Waals surface area (Å²) in [5.74, 6) is -0.274. The van der Waals surface area contributed by atoms with E-state index in [1.54, 1.807) is 25.2 Å². The van der Waals surface area contributed by atoms with Crippen LogP contribution in [0.15, 0.2) is 48.5 Å². The molecule has 1 heterocycles. The monoisotopic (exact) mass is 330 g/mol. The molecule has 3 nitrogen and oxygen atoms in total. The quantitative estimate of drug-likeness (QED) is 0.747. The zero-order valence-corrected chi connectivity index (χ0v) is 13.2. The van der Waals surface area contributed by atoms with Gasteiger partial charge in [-0.3, -0.25) is 4.79 Å². The van der Waals surface area contributed by atoms with Gasteiger partial charge in [-0.05, 0) is 12.1 Å². The van der Waals surface area contributed by atoms with E-state index in [0.717, 1.165) is 10.9 Å². The standard InChI is InChI=1S/C17H12Cl2N2O/c1-20-17(22)14-12(18)8-7-11-9-13(19)15(21-16(11)14)10-5-3-2-4-6-10/h2-9H,1H3,(H,20,22). The van der Waals surface area contributed by atoms with Crippen LogP contribution in [0.1, 0.15) is 10.4 Å². The molecule has 3 rings (SSSR count). The van der Waals surface area contributed by atoms with Crippen LogP contribution in [-0.2, 0) is 0 Å². The Bertz CT molecular complexity index is 863. The van der Waals surface area contributed by atoms with E-state index >= 15 is 0 Å². The first kappa shape index (κ1) is 14.8. The Morgan fingerprint density at radius 1 is 1.05 bits per heavy atom. The maximum Gasteiger partial charge on any atom is 0.254 e. The maximum absolute atomic E-state index is 12.1. The van der Waals surface area contributed by atoms with Gasteiger partial charge in [-0.25, -0.2) is 4.98 Å². The Balaban J connectivity index is 2.33. The fourth-order valence-electron chi connectivity index (χ4n) is 2.33. The Morgan fingerprint density at radius 3 is 2.45 bits per heavy atom. The smallest absolute Gasteiger partial charge is 0.254 e. The van der Waals surface area contributed by atoms with Crippen LogP contribution in [0.25, 0.3) is 22.2 Å². The average Bonchev–Trinajstić information content (AvgIpc) is 2.54. The van der Waals surface area contributed by atoms with Crippen molar-refractivity contribution in [3.05, 3.63) is 64.1 Å². The molecule has 3 aromatic rings. The molecule has 22 heavy (non-hydrogen) atoms. The van der Waals surface area contributed by atoms with E-state index in [1.807, 2.05) is 30.3 Å². The van der Waals surface area contributed by atoms with Gasteiger partial charge in [-0.2, -0.15) is 0 Å². The van der Waals surface area contributed by atoms with Crippen LogP contribution < -0.4 is 5.32 Å². The van der Waals surface area contributed by atoms with Crippen LogP contribution in [0.5, 0.6) is 0 Å². The van der Waals surface area contributed by atoms with E-state index < -0.39 is 0 Å². The lowest BCUT2D eigenvalue weighted by atomic mass is 10.1. The van der Waals surface area contributed by atoms with Gasteiger partial charge in [-0.15, -0.1) is 0 Å². The molecule has 0 unspecified atom stereocenters. The molecule has 5 heteroatoms. The molecule has 0 aliphatic carbocycles. The van der Waals surface area contributed by atoms with Gasteiger partial charge in [0, 0.05) is 18.0 Å². The number of halogens is 2. The largest absolute Gasteiger partial charge is 0.355 e. The maximum atomic E-state index is 12.1. The minimum Gasteiger partial charge on any atom is -0.355 e. The van der Waals surface area contributed by atoms with Gasteiger partial charge in [0.05, 0.1) is 26.8 Å². The third-order valence-electron chi connectivity index (χ3n) is 3.39. The molecule has 0 saturated carbocycles. The van der Waals surface area contributed by atoms with Crippen molar-refractivity contribution < 1.29 is 4.79 Å². The highest BCUT2D eigenvalue weighted by atomic mass is 35.5. The van der Waals surface area contributed by atoms with Crippen molar-refractivity contribution in [3.8, 4) is 11.3 Å². The lowest BCUT2D eigenvalue weighted by Gasteiger charge is -2.10. The highest BCUT2D eigenvalue weighted by Gasteiger charge is 2.17. The van der Waals surface area contributed by atoms with Crippen molar-refractivity contribution in [2.75, 3.05) is 7.05 Å². The number of amides is 1. The second-order valence-electron chi connectivity index (χ2n) is 4.76. The number of carbonyl (C=O) groups is 1. The molecule has 2 aromatic carbocycles. The van der Waals surface area contributed by atoms with Crippen LogP contribution in [0.3, 0.4) is 0 Å². The molecule has 0 spiro atoms. The molecule has 110 valence electrons. The van der Waals surface area contributed by atoms with E-state index in [4.69, 9.17) is 23.2 Å². The van der Waals surface area contributed by atoms with Crippen molar-refractivity contribution in [2.24, 2.45) is 0 Å². The zero-order valence-electron chi connectivity index (χ0n) is 11.7. The SMILES string of the molecule is CNC(=O)c1c(Cl)ccc2cc(Cl)c(-c3ccccc3)nc12. The fraction of sp³-hybridized carbons (Fsp3) is 0.0588. The van der Waals surface area contributed by atoms with Crippen LogP contribution in [0.4, 0.5) is 0 Å². The van der Waals surface area contributed by atoms with Crippen LogP contribution in [0.2, 0.25) is 10.0 Å². The van der Waals surface area contributed by atoms with Gasteiger partial charge in [-0.1, -0.05) is 59.6 Å². The summed E-state index contributed by atoms with van der Waals surface area (Å²) in [4.78, 5) is 16.7. The zero-order chi connectivity index (χ0) is 15.7. The van der Waals surface area contributed by atoms with Crippen LogP contribution >= 0.6 is 23.2 Å². The van der Waals surface area contributed by atoms with Crippen molar-refractivity contribution in [1.82, 2.24) is 10.3 Å². The number of nitrogens with zero attached hydrogens (tertiary/aromatic N) is 1. The molecule has 1 amide bonds. The van der Waals surface area contributed by atoms with E-state index in [1.165, 1.54) is 0 Å². The first-order valence-electron chi connectivity index (χ1n) is 6.68. The summed E-state index contributed by atoms with van der Waals surface area (Å²) in [6.45, 7) is 0. The highest BCUT2D eigenvalue weighted by molar-refractivity contribution is 6.36. The molecule has 0 saturated heterocycles. The molecule has 0 radical (unpaired) electrons. The second-order valence-corrected chi connectivity index (χ2v) is 5.57. The molecular weight excluding hydrogens is 319 g/mol. The van der Waals surface area contributed by atoms with Crippen LogP contribution in [0, 0.1) is 0 Å². The van der Waals surface area contributed by atoms with Gasteiger partial charge >= 0.3 is 0 Å². The topological polar surface area (TPSA) is 42.0 Å². The Kier molecular flexibility index (Phi) is 4.01. The number of benzene rings is 2. The lowest BCUT2D eigenvalue weighted by Crippen LogP contribution is -2.19. The summed E-state index contributed by atoms with van der Waals surface area (Å²) in [6.07, 6.45) is 0. The summed E-state index contributed by atoms with van der Waals surface area (Å²) in [6, 6.07) is 14.9. The molecule has 1 N–H and O–H groups in total. The van der Waals surface area contributed by atoms with Gasteiger partial charge < -0.3 is 5.32 Å². The predicted molar refractivity (Wildman–Crippen MR) is 90.6 cm³/mol. The number of rotatable bonds is 2. The molecule has 0 bridgehead atoms. The van der Waals surface area contributed by atoms with E-state index in [9.17, 15) is 4.79 Å². The summed E-state index contributed by atoms with van der Waals surface area (Å²) in [5, 5.41) is 4.26. The van der Waals surface area contributed by atoms with Gasteiger partial charge in [0.25, 0.3) is 5.91 Å². The normalized spacial score (nSPS) is 10.7. The summed E-state index contributed by atoms with van der Waals surface area (Å²) < 4.78 is 0. The molecule has 0 aliphatic rings. The molecule has 0 aliphatic heterocycles. The van der Waals surface area contributed by atoms with Crippen molar-refractivity contribution >= 4 is 40.0 Å². The summed E-state index contributed by atoms with van der Waals surface area (Å²) in [5.41, 5.74) is 2.41. The van der Waals surface area contributed by atoms with Crippen molar-refractivity contribution in [2.45, 2.75) is 0 Å². The van der Waals surface area contributed by atoms with E-state index in [0.29, 0.717) is 26.8 Å². The predicted octanol–water partition coefficient (Wildman–Crippen LogP) is 4.57. The third kappa shape index (κ3) is 2.54. The lowest BCUT2D eigenvalue weighted by molar-refractivity contribution is 0.0964. The molecule has 0 atom stereocenters. The molecular formula is C17H12Cl2N2O. The average molecular weight is 331 g/mol. The summed E-state index contributed by atoms with van der Waals surface area (Å²) >= 11 is 12.5. The number of fused-ring (bicyclic) bond motifs is 1. The minimum atomic E-state index is -0.274. The second kappa shape index (κ2) is 5.95. The third-order valence-corrected chi connectivity index (χ3v) is 3.99.